The van der Waals surface area contributed by atoms with Crippen molar-refractivity contribution in [2.24, 2.45) is 5.92 Å². The highest BCUT2D eigenvalue weighted by atomic mass is 32.2. The zero-order chi connectivity index (χ0) is 10.6. The molecule has 3 unspecified atom stereocenters. The van der Waals surface area contributed by atoms with Gasteiger partial charge in [0.25, 0.3) is 0 Å². The average molecular weight is 217 g/mol. The first-order valence-corrected chi connectivity index (χ1v) is 6.68. The lowest BCUT2D eigenvalue weighted by atomic mass is 10.0. The summed E-state index contributed by atoms with van der Waals surface area (Å²) in [6.07, 6.45) is 2.57. The van der Waals surface area contributed by atoms with E-state index in [2.05, 4.69) is 26.1 Å². The monoisotopic (exact) mass is 217 g/mol. The molecule has 2 N–H and O–H groups in total. The molecule has 1 aliphatic rings. The van der Waals surface area contributed by atoms with Crippen LogP contribution >= 0.6 is 11.8 Å². The molecule has 1 fully saturated rings. The molecule has 2 nitrogen and oxygen atoms in total. The van der Waals surface area contributed by atoms with Crippen molar-refractivity contribution in [3.8, 4) is 0 Å². The molecule has 84 valence electrons. The summed E-state index contributed by atoms with van der Waals surface area (Å²) in [6, 6.07) is 0.856. The Morgan fingerprint density at radius 2 is 2.21 bits per heavy atom. The van der Waals surface area contributed by atoms with E-state index < -0.39 is 0 Å². The predicted molar refractivity (Wildman–Crippen MR) is 63.8 cm³/mol. The number of hydrogen-bond acceptors (Lipinski definition) is 3. The molecule has 0 saturated carbocycles. The largest absolute Gasteiger partial charge is 0.395 e. The molecular weight excluding hydrogens is 194 g/mol. The first-order chi connectivity index (χ1) is 6.65. The van der Waals surface area contributed by atoms with E-state index in [9.17, 15) is 5.11 Å². The summed E-state index contributed by atoms with van der Waals surface area (Å²) in [5.41, 5.74) is 0. The Morgan fingerprint density at radius 3 is 2.71 bits per heavy atom. The number of aliphatic hydroxyl groups excluding tert-OH is 1. The number of rotatable bonds is 4. The Hall–Kier alpha value is 0.270. The van der Waals surface area contributed by atoms with Crippen LogP contribution in [0.25, 0.3) is 0 Å². The summed E-state index contributed by atoms with van der Waals surface area (Å²) >= 11 is 2.05. The van der Waals surface area contributed by atoms with Crippen LogP contribution in [0, 0.1) is 5.92 Å². The summed E-state index contributed by atoms with van der Waals surface area (Å²) in [5.74, 6) is 1.81. The van der Waals surface area contributed by atoms with Crippen molar-refractivity contribution in [2.45, 2.75) is 50.9 Å². The van der Waals surface area contributed by atoms with E-state index in [1.54, 1.807) is 0 Å². The van der Waals surface area contributed by atoms with Crippen LogP contribution in [0.4, 0.5) is 0 Å². The highest BCUT2D eigenvalue weighted by Crippen LogP contribution is 2.25. The second-order valence-corrected chi connectivity index (χ2v) is 6.01. The van der Waals surface area contributed by atoms with Gasteiger partial charge >= 0.3 is 0 Å². The van der Waals surface area contributed by atoms with E-state index in [1.807, 2.05) is 11.8 Å². The van der Waals surface area contributed by atoms with Gasteiger partial charge in [0.1, 0.15) is 0 Å². The highest BCUT2D eigenvalue weighted by molar-refractivity contribution is 7.99. The fraction of sp³-hybridized carbons (Fsp3) is 1.00. The van der Waals surface area contributed by atoms with Gasteiger partial charge < -0.3 is 10.4 Å². The van der Waals surface area contributed by atoms with E-state index >= 15 is 0 Å². The number of aliphatic hydroxyl groups is 1. The van der Waals surface area contributed by atoms with Crippen molar-refractivity contribution in [1.29, 1.82) is 0 Å². The van der Waals surface area contributed by atoms with Crippen LogP contribution < -0.4 is 5.32 Å². The molecule has 0 spiro atoms. The summed E-state index contributed by atoms with van der Waals surface area (Å²) in [7, 11) is 0. The van der Waals surface area contributed by atoms with Crippen LogP contribution in [0.5, 0.6) is 0 Å². The van der Waals surface area contributed by atoms with E-state index in [4.69, 9.17) is 0 Å². The fourth-order valence-electron chi connectivity index (χ4n) is 1.87. The van der Waals surface area contributed by atoms with E-state index in [0.29, 0.717) is 17.2 Å². The van der Waals surface area contributed by atoms with E-state index in [1.165, 1.54) is 18.6 Å². The van der Waals surface area contributed by atoms with Gasteiger partial charge in [-0.25, -0.2) is 0 Å². The molecule has 1 saturated heterocycles. The highest BCUT2D eigenvalue weighted by Gasteiger charge is 2.24. The molecule has 14 heavy (non-hydrogen) atoms. The number of hydrogen-bond donors (Lipinski definition) is 2. The van der Waals surface area contributed by atoms with Crippen LogP contribution in [0.2, 0.25) is 0 Å². The molecule has 0 amide bonds. The van der Waals surface area contributed by atoms with Crippen LogP contribution in [0.3, 0.4) is 0 Å². The summed E-state index contributed by atoms with van der Waals surface area (Å²) in [5, 5.41) is 13.5. The molecule has 1 aliphatic heterocycles. The summed E-state index contributed by atoms with van der Waals surface area (Å²) in [4.78, 5) is 0. The van der Waals surface area contributed by atoms with E-state index in [-0.39, 0.29) is 12.6 Å². The Bertz CT molecular complexity index is 163. The van der Waals surface area contributed by atoms with Crippen LogP contribution in [-0.4, -0.2) is 34.8 Å². The smallest absolute Gasteiger partial charge is 0.0587 e. The van der Waals surface area contributed by atoms with Gasteiger partial charge in [-0.1, -0.05) is 20.8 Å². The summed E-state index contributed by atoms with van der Waals surface area (Å²) in [6.45, 7) is 6.87. The lowest BCUT2D eigenvalue weighted by Crippen LogP contribution is -2.48. The minimum Gasteiger partial charge on any atom is -0.395 e. The lowest BCUT2D eigenvalue weighted by Gasteiger charge is -2.33. The van der Waals surface area contributed by atoms with Crippen LogP contribution in [0.1, 0.15) is 33.6 Å². The van der Waals surface area contributed by atoms with Gasteiger partial charge in [0, 0.05) is 17.3 Å². The maximum absolute atomic E-state index is 9.24. The average Bonchev–Trinajstić information content (AvgIpc) is 2.16. The first-order valence-electron chi connectivity index (χ1n) is 5.63. The quantitative estimate of drug-likeness (QED) is 0.754. The van der Waals surface area contributed by atoms with Gasteiger partial charge in [-0.3, -0.25) is 0 Å². The molecule has 0 aliphatic carbocycles. The fourth-order valence-corrected chi connectivity index (χ4v) is 3.03. The molecule has 0 aromatic rings. The third kappa shape index (κ3) is 3.44. The minimum atomic E-state index is 0.256. The second-order valence-electron chi connectivity index (χ2n) is 4.52. The SMILES string of the molecule is CC(C)C(CO)NC1CCCSC1C. The second kappa shape index (κ2) is 5.99. The zero-order valence-corrected chi connectivity index (χ0v) is 10.3. The normalized spacial score (nSPS) is 30.6. The number of nitrogens with one attached hydrogen (secondary N) is 1. The molecule has 0 bridgehead atoms. The topological polar surface area (TPSA) is 32.3 Å². The van der Waals surface area contributed by atoms with Crippen molar-refractivity contribution in [1.82, 2.24) is 5.32 Å². The third-order valence-corrected chi connectivity index (χ3v) is 4.42. The molecule has 0 aromatic heterocycles. The third-order valence-electron chi connectivity index (χ3n) is 3.04. The summed E-state index contributed by atoms with van der Waals surface area (Å²) < 4.78 is 0. The molecule has 0 radical (unpaired) electrons. The zero-order valence-electron chi connectivity index (χ0n) is 9.49. The van der Waals surface area contributed by atoms with Crippen molar-refractivity contribution in [3.05, 3.63) is 0 Å². The van der Waals surface area contributed by atoms with Crippen molar-refractivity contribution >= 4 is 11.8 Å². The van der Waals surface area contributed by atoms with Crippen molar-refractivity contribution in [3.63, 3.8) is 0 Å². The minimum absolute atomic E-state index is 0.256. The maximum Gasteiger partial charge on any atom is 0.0587 e. The van der Waals surface area contributed by atoms with Gasteiger partial charge in [-0.15, -0.1) is 0 Å². The standard InChI is InChI=1S/C11H23NOS/c1-8(2)11(7-13)12-10-5-4-6-14-9(10)3/h8-13H,4-7H2,1-3H3. The maximum atomic E-state index is 9.24. The van der Waals surface area contributed by atoms with E-state index in [0.717, 1.165) is 0 Å². The lowest BCUT2D eigenvalue weighted by molar-refractivity contribution is 0.195. The van der Waals surface area contributed by atoms with Gasteiger partial charge in [-0.05, 0) is 24.5 Å². The molecular formula is C11H23NOS. The number of thioether (sulfide) groups is 1. The molecule has 0 aromatic carbocycles. The predicted octanol–water partition coefficient (Wildman–Crippen LogP) is 1.88. The molecule has 1 rings (SSSR count). The molecule has 1 heterocycles. The van der Waals surface area contributed by atoms with Gasteiger partial charge in [-0.2, -0.15) is 11.8 Å². The Kier molecular flexibility index (Phi) is 5.28. The first kappa shape index (κ1) is 12.3. The molecule has 3 atom stereocenters. The van der Waals surface area contributed by atoms with Crippen molar-refractivity contribution < 1.29 is 5.11 Å². The van der Waals surface area contributed by atoms with Gasteiger partial charge in [0.2, 0.25) is 0 Å². The Balaban J connectivity index is 2.39. The van der Waals surface area contributed by atoms with Crippen molar-refractivity contribution in [2.75, 3.05) is 12.4 Å². The Labute approximate surface area is 91.9 Å². The van der Waals surface area contributed by atoms with Gasteiger partial charge in [0.05, 0.1) is 6.61 Å². The van der Waals surface area contributed by atoms with Crippen LogP contribution in [-0.2, 0) is 0 Å². The molecule has 3 heteroatoms. The van der Waals surface area contributed by atoms with Crippen LogP contribution in [0.15, 0.2) is 0 Å². The van der Waals surface area contributed by atoms with Gasteiger partial charge in [0.15, 0.2) is 0 Å². The Morgan fingerprint density at radius 1 is 1.50 bits per heavy atom.